The summed E-state index contributed by atoms with van der Waals surface area (Å²) in [6, 6.07) is 5.39. The first-order valence-electron chi connectivity index (χ1n) is 6.25. The molecule has 2 aromatic rings. The third-order valence-electron chi connectivity index (χ3n) is 2.70. The Morgan fingerprint density at radius 3 is 2.58 bits per heavy atom. The first-order chi connectivity index (χ1) is 11.2. The summed E-state index contributed by atoms with van der Waals surface area (Å²) in [5.41, 5.74) is -1.27. The molecule has 4 N–H and O–H groups in total. The van der Waals surface area contributed by atoms with Crippen molar-refractivity contribution in [3.8, 4) is 5.88 Å². The molecular weight excluding hydrogens is 349 g/mol. The fourth-order valence-electron chi connectivity index (χ4n) is 1.62. The number of hydrogen-bond donors (Lipinski definition) is 4. The van der Waals surface area contributed by atoms with Gasteiger partial charge >= 0.3 is 12.1 Å². The van der Waals surface area contributed by atoms with Gasteiger partial charge in [0.1, 0.15) is 5.56 Å². The van der Waals surface area contributed by atoms with Crippen molar-refractivity contribution in [1.82, 2.24) is 9.97 Å². The summed E-state index contributed by atoms with van der Waals surface area (Å²) in [4.78, 5) is 31.0. The van der Waals surface area contributed by atoms with Gasteiger partial charge in [-0.2, -0.15) is 13.2 Å². The van der Waals surface area contributed by atoms with Gasteiger partial charge in [-0.3, -0.25) is 19.6 Å². The molecule has 1 aromatic carbocycles. The number of amides is 1. The molecule has 126 valence electrons. The lowest BCUT2D eigenvalue weighted by Gasteiger charge is -2.09. The van der Waals surface area contributed by atoms with Gasteiger partial charge in [0.15, 0.2) is 4.77 Å². The number of para-hydroxylation sites is 2. The predicted octanol–water partition coefficient (Wildman–Crippen LogP) is 2.39. The molecule has 2 rings (SSSR count). The summed E-state index contributed by atoms with van der Waals surface area (Å²) >= 11 is 4.66. The fraction of sp³-hybridized carbons (Fsp3) is 0.0769. The number of carbonyl (C=O) groups is 1. The van der Waals surface area contributed by atoms with Crippen molar-refractivity contribution in [1.29, 1.82) is 0 Å². The summed E-state index contributed by atoms with van der Waals surface area (Å²) in [6.07, 6.45) is -4.13. The number of nitrogens with one attached hydrogen (secondary N) is 3. The minimum absolute atomic E-state index is 0.0450. The van der Waals surface area contributed by atoms with Crippen LogP contribution in [-0.2, 0) is 4.79 Å². The molecule has 0 bridgehead atoms. The van der Waals surface area contributed by atoms with Crippen LogP contribution < -0.4 is 10.9 Å². The van der Waals surface area contributed by atoms with Crippen LogP contribution in [-0.4, -0.2) is 33.4 Å². The molecule has 0 aliphatic rings. The van der Waals surface area contributed by atoms with Crippen LogP contribution in [0.2, 0.25) is 0 Å². The van der Waals surface area contributed by atoms with E-state index in [2.05, 4.69) is 27.2 Å². The number of hydrogen-bond acceptors (Lipinski definition) is 5. The van der Waals surface area contributed by atoms with Crippen molar-refractivity contribution in [2.75, 3.05) is 5.32 Å². The molecule has 0 saturated carbocycles. The smallest absolute Gasteiger partial charge is 0.471 e. The molecular formula is C13H9F3N4O3S. The average molecular weight is 358 g/mol. The van der Waals surface area contributed by atoms with E-state index in [-0.39, 0.29) is 21.7 Å². The number of halogens is 3. The summed E-state index contributed by atoms with van der Waals surface area (Å²) < 4.78 is 36.8. The Bertz CT molecular complexity index is 918. The lowest BCUT2D eigenvalue weighted by Crippen LogP contribution is -2.29. The van der Waals surface area contributed by atoms with Gasteiger partial charge in [0.2, 0.25) is 5.88 Å². The number of H-pyrrole nitrogens is 2. The number of alkyl halides is 3. The maximum atomic E-state index is 12.3. The molecule has 0 unspecified atom stereocenters. The summed E-state index contributed by atoms with van der Waals surface area (Å²) in [6.45, 7) is 0. The maximum absolute atomic E-state index is 12.3. The lowest BCUT2D eigenvalue weighted by molar-refractivity contribution is -0.167. The van der Waals surface area contributed by atoms with Crippen molar-refractivity contribution >= 4 is 35.7 Å². The molecule has 0 spiro atoms. The van der Waals surface area contributed by atoms with Crippen LogP contribution in [0.1, 0.15) is 5.56 Å². The first kappa shape index (κ1) is 17.4. The lowest BCUT2D eigenvalue weighted by atomic mass is 10.2. The molecule has 0 aliphatic carbocycles. The van der Waals surface area contributed by atoms with Crippen LogP contribution in [0.4, 0.5) is 24.5 Å². The van der Waals surface area contributed by atoms with Crippen LogP contribution in [0, 0.1) is 4.77 Å². The zero-order valence-corrected chi connectivity index (χ0v) is 12.5. The molecule has 1 heterocycles. The van der Waals surface area contributed by atoms with Crippen molar-refractivity contribution < 1.29 is 23.1 Å². The van der Waals surface area contributed by atoms with Crippen LogP contribution >= 0.6 is 12.2 Å². The van der Waals surface area contributed by atoms with Gasteiger partial charge in [0.25, 0.3) is 5.56 Å². The number of carbonyl (C=O) groups excluding carboxylic acids is 1. The summed E-state index contributed by atoms with van der Waals surface area (Å²) in [5, 5.41) is 11.3. The monoisotopic (exact) mass is 358 g/mol. The van der Waals surface area contributed by atoms with E-state index in [1.54, 1.807) is 5.32 Å². The average Bonchev–Trinajstić information content (AvgIpc) is 2.46. The molecule has 0 radical (unpaired) electrons. The number of aliphatic imine (C=N–C) groups is 1. The van der Waals surface area contributed by atoms with E-state index in [0.717, 1.165) is 6.21 Å². The third-order valence-corrected chi connectivity index (χ3v) is 2.91. The van der Waals surface area contributed by atoms with Crippen LogP contribution in [0.15, 0.2) is 34.1 Å². The first-order valence-corrected chi connectivity index (χ1v) is 6.66. The zero-order chi connectivity index (χ0) is 17.9. The highest BCUT2D eigenvalue weighted by molar-refractivity contribution is 7.71. The molecule has 11 heteroatoms. The van der Waals surface area contributed by atoms with Crippen molar-refractivity contribution in [3.05, 3.63) is 45.0 Å². The van der Waals surface area contributed by atoms with Gasteiger partial charge in [-0.05, 0) is 24.4 Å². The Labute approximate surface area is 136 Å². The Hall–Kier alpha value is -2.95. The van der Waals surface area contributed by atoms with Crippen molar-refractivity contribution in [2.45, 2.75) is 6.18 Å². The number of benzene rings is 1. The van der Waals surface area contributed by atoms with E-state index in [0.29, 0.717) is 0 Å². The van der Waals surface area contributed by atoms with Gasteiger partial charge in [0, 0.05) is 6.21 Å². The van der Waals surface area contributed by atoms with Crippen LogP contribution in [0.25, 0.3) is 0 Å². The van der Waals surface area contributed by atoms with E-state index in [1.165, 1.54) is 24.3 Å². The van der Waals surface area contributed by atoms with Crippen molar-refractivity contribution in [3.63, 3.8) is 0 Å². The molecule has 0 fully saturated rings. The Morgan fingerprint density at radius 1 is 1.29 bits per heavy atom. The molecule has 1 aromatic heterocycles. The topological polar surface area (TPSA) is 110 Å². The molecule has 0 atom stereocenters. The minimum Gasteiger partial charge on any atom is -0.494 e. The van der Waals surface area contributed by atoms with E-state index < -0.39 is 23.5 Å². The van der Waals surface area contributed by atoms with E-state index in [1.807, 2.05) is 0 Å². The van der Waals surface area contributed by atoms with Crippen LogP contribution in [0.5, 0.6) is 5.88 Å². The van der Waals surface area contributed by atoms with Gasteiger partial charge < -0.3 is 15.4 Å². The summed E-state index contributed by atoms with van der Waals surface area (Å²) in [7, 11) is 0. The van der Waals surface area contributed by atoms with Gasteiger partial charge in [-0.15, -0.1) is 0 Å². The number of anilines is 1. The van der Waals surface area contributed by atoms with Crippen molar-refractivity contribution in [2.24, 2.45) is 4.99 Å². The van der Waals surface area contributed by atoms with Gasteiger partial charge in [-0.25, -0.2) is 0 Å². The Balaban J connectivity index is 2.36. The van der Waals surface area contributed by atoms with Gasteiger partial charge in [0.05, 0.1) is 11.4 Å². The third kappa shape index (κ3) is 4.07. The number of aromatic hydroxyl groups is 1. The SMILES string of the molecule is O=C(Nc1ccccc1N=Cc1c(O)[nH]c(=S)[nH]c1=O)C(F)(F)F. The fourth-order valence-corrected chi connectivity index (χ4v) is 1.81. The number of rotatable bonds is 3. The largest absolute Gasteiger partial charge is 0.494 e. The predicted molar refractivity (Wildman–Crippen MR) is 82.3 cm³/mol. The maximum Gasteiger partial charge on any atom is 0.471 e. The molecule has 7 nitrogen and oxygen atoms in total. The molecule has 0 saturated heterocycles. The number of nitrogens with zero attached hydrogens (tertiary/aromatic N) is 1. The number of aromatic nitrogens is 2. The van der Waals surface area contributed by atoms with Gasteiger partial charge in [-0.1, -0.05) is 12.1 Å². The van der Waals surface area contributed by atoms with E-state index >= 15 is 0 Å². The Morgan fingerprint density at radius 2 is 1.96 bits per heavy atom. The molecule has 1 amide bonds. The second-order valence-electron chi connectivity index (χ2n) is 4.40. The minimum atomic E-state index is -5.06. The van der Waals surface area contributed by atoms with E-state index in [9.17, 15) is 27.9 Å². The van der Waals surface area contributed by atoms with E-state index in [4.69, 9.17) is 0 Å². The Kier molecular flexibility index (Phi) is 4.83. The highest BCUT2D eigenvalue weighted by atomic mass is 32.1. The highest BCUT2D eigenvalue weighted by Crippen LogP contribution is 2.26. The van der Waals surface area contributed by atoms with Crippen LogP contribution in [0.3, 0.4) is 0 Å². The standard InChI is InChI=1S/C13H9F3N4O3S/c14-13(15,16)11(23)18-8-4-2-1-3-7(8)17-5-6-9(21)19-12(24)20-10(6)22/h1-5H,(H,18,23)(H3,19,20,21,22,24). The quantitative estimate of drug-likeness (QED) is 0.499. The second kappa shape index (κ2) is 6.66. The molecule has 0 aliphatic heterocycles. The summed E-state index contributed by atoms with van der Waals surface area (Å²) in [5.74, 6) is -2.71. The second-order valence-corrected chi connectivity index (χ2v) is 4.81. The zero-order valence-electron chi connectivity index (χ0n) is 11.6. The molecule has 24 heavy (non-hydrogen) atoms. The normalized spacial score (nSPS) is 11.6. The highest BCUT2D eigenvalue weighted by Gasteiger charge is 2.38. The number of aromatic amines is 2.